The number of hydrogen-bond donors (Lipinski definition) is 1. The van der Waals surface area contributed by atoms with Crippen molar-refractivity contribution in [3.05, 3.63) is 36.4 Å². The lowest BCUT2D eigenvalue weighted by Gasteiger charge is -2.32. The van der Waals surface area contributed by atoms with Crippen molar-refractivity contribution in [3.8, 4) is 5.82 Å². The zero-order valence-corrected chi connectivity index (χ0v) is 18.0. The highest BCUT2D eigenvalue weighted by Gasteiger charge is 2.35. The van der Waals surface area contributed by atoms with Gasteiger partial charge in [0.2, 0.25) is 5.95 Å². The van der Waals surface area contributed by atoms with Crippen LogP contribution in [0.1, 0.15) is 38.1 Å². The summed E-state index contributed by atoms with van der Waals surface area (Å²) in [5, 5.41) is 9.74. The maximum Gasteiger partial charge on any atom is 0.296 e. The molecule has 1 N–H and O–H groups in total. The number of ether oxygens (including phenoxy) is 1. The normalized spacial score (nSPS) is 21.5. The average molecular weight is 455 g/mol. The first kappa shape index (κ1) is 20.4. The first-order valence-corrected chi connectivity index (χ1v) is 11.0. The van der Waals surface area contributed by atoms with Crippen LogP contribution in [-0.4, -0.2) is 66.1 Å². The molecule has 4 aromatic rings. The fourth-order valence-corrected chi connectivity index (χ4v) is 4.79. The van der Waals surface area contributed by atoms with E-state index in [1.165, 1.54) is 4.57 Å². The van der Waals surface area contributed by atoms with Gasteiger partial charge in [0, 0.05) is 13.1 Å². The molecule has 2 aliphatic heterocycles. The largest absolute Gasteiger partial charge is 0.394 e. The molecule has 5 heterocycles. The summed E-state index contributed by atoms with van der Waals surface area (Å²) in [6.45, 7) is 3.00. The second-order valence-corrected chi connectivity index (χ2v) is 8.66. The van der Waals surface area contributed by atoms with Crippen molar-refractivity contribution in [1.29, 1.82) is 0 Å². The number of alkyl halides is 2. The maximum absolute atomic E-state index is 14.1. The van der Waals surface area contributed by atoms with Crippen molar-refractivity contribution in [2.45, 2.75) is 44.4 Å². The quantitative estimate of drug-likeness (QED) is 0.494. The van der Waals surface area contributed by atoms with Gasteiger partial charge in [-0.25, -0.2) is 18.7 Å². The summed E-state index contributed by atoms with van der Waals surface area (Å²) in [5.41, 5.74) is 1.83. The topological polar surface area (TPSA) is 94.1 Å². The summed E-state index contributed by atoms with van der Waals surface area (Å²) in [4.78, 5) is 20.2. The van der Waals surface area contributed by atoms with Crippen molar-refractivity contribution >= 4 is 28.1 Å². The third-order valence-electron chi connectivity index (χ3n) is 6.45. The Morgan fingerprint density at radius 2 is 1.88 bits per heavy atom. The van der Waals surface area contributed by atoms with Crippen LogP contribution in [0.25, 0.3) is 28.0 Å². The van der Waals surface area contributed by atoms with Gasteiger partial charge in [0.1, 0.15) is 0 Å². The number of rotatable bonds is 5. The molecule has 3 atom stereocenters. The van der Waals surface area contributed by atoms with E-state index in [-0.39, 0.29) is 30.7 Å². The second-order valence-electron chi connectivity index (χ2n) is 8.66. The minimum absolute atomic E-state index is 0.110. The van der Waals surface area contributed by atoms with E-state index in [9.17, 15) is 13.9 Å². The highest BCUT2D eigenvalue weighted by Crippen LogP contribution is 2.33. The Morgan fingerprint density at radius 3 is 2.61 bits per heavy atom. The van der Waals surface area contributed by atoms with Crippen LogP contribution in [0.15, 0.2) is 30.6 Å². The third kappa shape index (κ3) is 3.25. The van der Waals surface area contributed by atoms with Gasteiger partial charge < -0.3 is 19.3 Å². The zero-order chi connectivity index (χ0) is 22.7. The number of fused-ring (bicyclic) bond motifs is 4. The molecule has 2 saturated heterocycles. The van der Waals surface area contributed by atoms with E-state index in [2.05, 4.69) is 14.9 Å². The van der Waals surface area contributed by atoms with E-state index >= 15 is 0 Å². The fourth-order valence-electron chi connectivity index (χ4n) is 4.79. The van der Waals surface area contributed by atoms with Crippen LogP contribution in [0.4, 0.5) is 14.7 Å². The predicted octanol–water partition coefficient (Wildman–Crippen LogP) is 3.02. The van der Waals surface area contributed by atoms with Crippen LogP contribution in [0, 0.1) is 0 Å². The standard InChI is InChI=1S/C22H23F2N7O2/c1-12(10-32)30-11-25-17-19(30)27-22(29-8-13-6-7-14(9-29)33-13)28-20(17)31-16-5-3-2-4-15(16)26-21(31)18(23)24/h2-5,11-14,18,32H,6-10H2,1H3/t12?,13-,14?/m0/s1. The minimum Gasteiger partial charge on any atom is -0.394 e. The monoisotopic (exact) mass is 455 g/mol. The Balaban J connectivity index is 1.61. The molecule has 0 aliphatic carbocycles. The van der Waals surface area contributed by atoms with E-state index in [1.54, 1.807) is 35.2 Å². The lowest BCUT2D eigenvalue weighted by Crippen LogP contribution is -2.43. The number of aliphatic hydroxyl groups is 1. The van der Waals surface area contributed by atoms with Crippen molar-refractivity contribution in [2.24, 2.45) is 0 Å². The van der Waals surface area contributed by atoms with Crippen molar-refractivity contribution in [2.75, 3.05) is 24.6 Å². The van der Waals surface area contributed by atoms with Crippen LogP contribution >= 0.6 is 0 Å². The molecule has 9 nitrogen and oxygen atoms in total. The Hall–Kier alpha value is -3.18. The van der Waals surface area contributed by atoms with Crippen LogP contribution < -0.4 is 4.90 Å². The van der Waals surface area contributed by atoms with Gasteiger partial charge in [0.15, 0.2) is 22.8 Å². The summed E-state index contributed by atoms with van der Waals surface area (Å²) >= 11 is 0. The number of halogens is 2. The number of anilines is 1. The lowest BCUT2D eigenvalue weighted by atomic mass is 10.2. The number of para-hydroxylation sites is 2. The number of hydrogen-bond acceptors (Lipinski definition) is 7. The molecule has 2 unspecified atom stereocenters. The van der Waals surface area contributed by atoms with Gasteiger partial charge in [0.05, 0.1) is 42.2 Å². The second kappa shape index (κ2) is 7.70. The van der Waals surface area contributed by atoms with Gasteiger partial charge in [-0.05, 0) is 31.9 Å². The van der Waals surface area contributed by atoms with E-state index in [0.29, 0.717) is 41.2 Å². The molecule has 1 aromatic carbocycles. The third-order valence-corrected chi connectivity index (χ3v) is 6.45. The Morgan fingerprint density at radius 1 is 1.12 bits per heavy atom. The van der Waals surface area contributed by atoms with Gasteiger partial charge in [-0.2, -0.15) is 9.97 Å². The molecule has 11 heteroatoms. The van der Waals surface area contributed by atoms with Crippen molar-refractivity contribution < 1.29 is 18.6 Å². The summed E-state index contributed by atoms with van der Waals surface area (Å²) in [5.74, 6) is 0.290. The van der Waals surface area contributed by atoms with Gasteiger partial charge in [-0.15, -0.1) is 0 Å². The molecule has 33 heavy (non-hydrogen) atoms. The lowest BCUT2D eigenvalue weighted by molar-refractivity contribution is 0.0299. The molecule has 0 radical (unpaired) electrons. The summed E-state index contributed by atoms with van der Waals surface area (Å²) in [6.07, 6.45) is 0.951. The maximum atomic E-state index is 14.1. The van der Waals surface area contributed by atoms with Crippen molar-refractivity contribution in [3.63, 3.8) is 0 Å². The molecule has 0 amide bonds. The van der Waals surface area contributed by atoms with Gasteiger partial charge >= 0.3 is 0 Å². The van der Waals surface area contributed by atoms with Gasteiger partial charge in [-0.1, -0.05) is 12.1 Å². The van der Waals surface area contributed by atoms with Gasteiger partial charge in [-0.3, -0.25) is 4.57 Å². The summed E-state index contributed by atoms with van der Waals surface area (Å²) < 4.78 is 37.3. The molecule has 2 bridgehead atoms. The predicted molar refractivity (Wildman–Crippen MR) is 117 cm³/mol. The Kier molecular flexibility index (Phi) is 4.77. The van der Waals surface area contributed by atoms with Crippen LogP contribution in [0.3, 0.4) is 0 Å². The Bertz CT molecular complexity index is 1330. The first-order valence-electron chi connectivity index (χ1n) is 11.0. The summed E-state index contributed by atoms with van der Waals surface area (Å²) in [6, 6.07) is 6.69. The Labute approximate surface area is 187 Å². The molecule has 0 spiro atoms. The number of morpholine rings is 1. The van der Waals surface area contributed by atoms with E-state index in [4.69, 9.17) is 14.7 Å². The van der Waals surface area contributed by atoms with Gasteiger partial charge in [0.25, 0.3) is 6.43 Å². The van der Waals surface area contributed by atoms with Crippen LogP contribution in [0.2, 0.25) is 0 Å². The molecule has 6 rings (SSSR count). The molecule has 2 aliphatic rings. The minimum atomic E-state index is -2.80. The van der Waals surface area contributed by atoms with Crippen molar-refractivity contribution in [1.82, 2.24) is 29.1 Å². The molecule has 0 saturated carbocycles. The van der Waals surface area contributed by atoms with E-state index < -0.39 is 12.2 Å². The number of aromatic nitrogens is 6. The molecular formula is C22H23F2N7O2. The number of aliphatic hydroxyl groups excluding tert-OH is 1. The first-order chi connectivity index (χ1) is 16.0. The highest BCUT2D eigenvalue weighted by atomic mass is 19.3. The number of benzene rings is 1. The van der Waals surface area contributed by atoms with E-state index in [1.807, 2.05) is 6.92 Å². The zero-order valence-electron chi connectivity index (χ0n) is 18.0. The molecular weight excluding hydrogens is 432 g/mol. The van der Waals surface area contributed by atoms with Crippen LogP contribution in [-0.2, 0) is 4.74 Å². The van der Waals surface area contributed by atoms with E-state index in [0.717, 1.165) is 12.8 Å². The summed E-state index contributed by atoms with van der Waals surface area (Å²) in [7, 11) is 0. The molecule has 2 fully saturated rings. The molecule has 172 valence electrons. The van der Waals surface area contributed by atoms with Crippen LogP contribution in [0.5, 0.6) is 0 Å². The highest BCUT2D eigenvalue weighted by molar-refractivity contribution is 5.85. The number of imidazole rings is 2. The molecule has 3 aromatic heterocycles. The average Bonchev–Trinajstić information content (AvgIpc) is 3.52. The fraction of sp³-hybridized carbons (Fsp3) is 0.455. The SMILES string of the molecule is CC(CO)n1cnc2c(-n3c(C(F)F)nc4ccccc43)nc(N3CC4CC[C@@H](C3)O4)nc21. The number of nitrogens with zero attached hydrogens (tertiary/aromatic N) is 7. The smallest absolute Gasteiger partial charge is 0.296 e.